The van der Waals surface area contributed by atoms with Gasteiger partial charge in [-0.3, -0.25) is 10.1 Å². The Hall–Kier alpha value is -2.05. The Balaban J connectivity index is 1.58. The smallest absolute Gasteiger partial charge is 0.318 e. The number of carboxylic acids is 1. The van der Waals surface area contributed by atoms with Crippen LogP contribution in [0.5, 0.6) is 5.75 Å². The average Bonchev–Trinajstić information content (AvgIpc) is 3.04. The average molecular weight is 333 g/mol. The van der Waals surface area contributed by atoms with E-state index in [0.717, 1.165) is 11.1 Å². The lowest BCUT2D eigenvalue weighted by Crippen LogP contribution is -2.21. The number of halogens is 1. The minimum absolute atomic E-state index is 0.0200. The number of carboxylic acid groups (broad SMARTS) is 1. The highest BCUT2D eigenvalue weighted by Gasteiger charge is 2.30. The lowest BCUT2D eigenvalue weighted by molar-refractivity contribution is -0.136. The van der Waals surface area contributed by atoms with Gasteiger partial charge in [-0.15, -0.1) is 11.8 Å². The molecule has 120 valence electrons. The van der Waals surface area contributed by atoms with Crippen LogP contribution in [0.1, 0.15) is 16.5 Å². The predicted molar refractivity (Wildman–Crippen MR) is 86.9 cm³/mol. The first-order valence-electron chi connectivity index (χ1n) is 7.21. The molecule has 0 bridgehead atoms. The normalized spacial score (nSPS) is 20.4. The van der Waals surface area contributed by atoms with Gasteiger partial charge in [0.2, 0.25) is 0 Å². The highest BCUT2D eigenvalue weighted by molar-refractivity contribution is 8.01. The summed E-state index contributed by atoms with van der Waals surface area (Å²) in [5.41, 5.74) is 1.78. The van der Waals surface area contributed by atoms with Gasteiger partial charge in [-0.1, -0.05) is 24.3 Å². The topological polar surface area (TPSA) is 58.6 Å². The van der Waals surface area contributed by atoms with Crippen LogP contribution in [0.3, 0.4) is 0 Å². The van der Waals surface area contributed by atoms with Crippen molar-refractivity contribution in [3.05, 3.63) is 65.5 Å². The van der Waals surface area contributed by atoms with Crippen molar-refractivity contribution in [3.63, 3.8) is 0 Å². The van der Waals surface area contributed by atoms with Crippen molar-refractivity contribution in [2.75, 3.05) is 6.54 Å². The van der Waals surface area contributed by atoms with Crippen LogP contribution in [0.4, 0.5) is 4.39 Å². The fourth-order valence-electron chi connectivity index (χ4n) is 2.35. The first kappa shape index (κ1) is 15.8. The van der Waals surface area contributed by atoms with E-state index >= 15 is 0 Å². The van der Waals surface area contributed by atoms with Crippen LogP contribution >= 0.6 is 11.8 Å². The molecular formula is C17H16FNO3S. The van der Waals surface area contributed by atoms with Crippen LogP contribution in [0.15, 0.2) is 48.5 Å². The van der Waals surface area contributed by atoms with Gasteiger partial charge in [0.05, 0.1) is 5.37 Å². The number of nitrogens with one attached hydrogen (secondary N) is 1. The molecular weight excluding hydrogens is 317 g/mol. The fraction of sp³-hybridized carbons (Fsp3) is 0.235. The summed E-state index contributed by atoms with van der Waals surface area (Å²) in [5.74, 6) is -0.380. The highest BCUT2D eigenvalue weighted by Crippen LogP contribution is 2.35. The van der Waals surface area contributed by atoms with Gasteiger partial charge in [-0.25, -0.2) is 4.39 Å². The summed E-state index contributed by atoms with van der Waals surface area (Å²) in [5, 5.41) is 11.8. The minimum atomic E-state index is -0.792. The summed E-state index contributed by atoms with van der Waals surface area (Å²) >= 11 is 1.40. The van der Waals surface area contributed by atoms with Gasteiger partial charge in [-0.2, -0.15) is 0 Å². The molecule has 0 aromatic heterocycles. The van der Waals surface area contributed by atoms with E-state index in [2.05, 4.69) is 5.32 Å². The molecule has 1 aliphatic rings. The van der Waals surface area contributed by atoms with E-state index < -0.39 is 11.2 Å². The van der Waals surface area contributed by atoms with Gasteiger partial charge in [0.25, 0.3) is 0 Å². The van der Waals surface area contributed by atoms with Gasteiger partial charge < -0.3 is 9.84 Å². The van der Waals surface area contributed by atoms with Crippen LogP contribution < -0.4 is 10.1 Å². The van der Waals surface area contributed by atoms with Crippen molar-refractivity contribution >= 4 is 17.7 Å². The Morgan fingerprint density at radius 3 is 2.74 bits per heavy atom. The zero-order valence-corrected chi connectivity index (χ0v) is 13.1. The van der Waals surface area contributed by atoms with Crippen LogP contribution in [-0.2, 0) is 11.4 Å². The van der Waals surface area contributed by atoms with Crippen molar-refractivity contribution < 1.29 is 19.0 Å². The van der Waals surface area contributed by atoms with E-state index in [1.165, 1.54) is 23.9 Å². The lowest BCUT2D eigenvalue weighted by Gasteiger charge is -2.11. The van der Waals surface area contributed by atoms with E-state index in [9.17, 15) is 9.18 Å². The predicted octanol–water partition coefficient (Wildman–Crippen LogP) is 3.19. The monoisotopic (exact) mass is 333 g/mol. The summed E-state index contributed by atoms with van der Waals surface area (Å²) in [6.45, 7) is 0.761. The number of hydrogen-bond donors (Lipinski definition) is 2. The molecule has 0 aliphatic carbocycles. The Labute approximate surface area is 137 Å². The molecule has 3 rings (SSSR count). The van der Waals surface area contributed by atoms with Gasteiger partial charge in [0.1, 0.15) is 23.4 Å². The molecule has 2 aromatic carbocycles. The molecule has 1 saturated heterocycles. The number of aliphatic carboxylic acids is 1. The third-order valence-electron chi connectivity index (χ3n) is 3.54. The molecule has 2 aromatic rings. The molecule has 1 fully saturated rings. The molecule has 0 radical (unpaired) electrons. The minimum Gasteiger partial charge on any atom is -0.489 e. The third-order valence-corrected chi connectivity index (χ3v) is 4.95. The quantitative estimate of drug-likeness (QED) is 0.880. The zero-order valence-electron chi connectivity index (χ0n) is 12.2. The van der Waals surface area contributed by atoms with E-state index in [4.69, 9.17) is 9.84 Å². The molecule has 0 unspecified atom stereocenters. The second-order valence-corrected chi connectivity index (χ2v) is 6.55. The standard InChI is InChI=1S/C17H16FNO3S/c18-13-3-1-2-11(8-13)10-22-14-6-4-12(5-7-14)16-19-9-15(23-16)17(20)21/h1-8,15-16,19H,9-10H2,(H,20,21)/t15-,16-/m1/s1. The number of thioether (sulfide) groups is 1. The molecule has 2 N–H and O–H groups in total. The molecule has 6 heteroatoms. The van der Waals surface area contributed by atoms with Gasteiger partial charge in [-0.05, 0) is 35.4 Å². The van der Waals surface area contributed by atoms with Crippen molar-refractivity contribution in [1.29, 1.82) is 0 Å². The largest absolute Gasteiger partial charge is 0.489 e. The molecule has 1 heterocycles. The maximum absolute atomic E-state index is 13.1. The van der Waals surface area contributed by atoms with E-state index in [-0.39, 0.29) is 11.2 Å². The second kappa shape index (κ2) is 7.02. The van der Waals surface area contributed by atoms with Crippen LogP contribution in [0.25, 0.3) is 0 Å². The van der Waals surface area contributed by atoms with Crippen molar-refractivity contribution in [2.24, 2.45) is 0 Å². The van der Waals surface area contributed by atoms with E-state index in [1.54, 1.807) is 6.07 Å². The zero-order chi connectivity index (χ0) is 16.2. The third kappa shape index (κ3) is 4.03. The van der Waals surface area contributed by atoms with Crippen molar-refractivity contribution in [2.45, 2.75) is 17.2 Å². The van der Waals surface area contributed by atoms with Crippen LogP contribution in [0, 0.1) is 5.82 Å². The molecule has 0 amide bonds. The molecule has 0 saturated carbocycles. The Morgan fingerprint density at radius 1 is 1.30 bits per heavy atom. The van der Waals surface area contributed by atoms with Crippen molar-refractivity contribution in [1.82, 2.24) is 5.32 Å². The highest BCUT2D eigenvalue weighted by atomic mass is 32.2. The van der Waals surface area contributed by atoms with Gasteiger partial charge in [0.15, 0.2) is 0 Å². The van der Waals surface area contributed by atoms with Gasteiger partial charge in [0, 0.05) is 6.54 Å². The Morgan fingerprint density at radius 2 is 2.09 bits per heavy atom. The van der Waals surface area contributed by atoms with Gasteiger partial charge >= 0.3 is 5.97 Å². The second-order valence-electron chi connectivity index (χ2n) is 5.24. The molecule has 4 nitrogen and oxygen atoms in total. The SMILES string of the molecule is O=C(O)[C@H]1CN[C@@H](c2ccc(OCc3cccc(F)c3)cc2)S1. The van der Waals surface area contributed by atoms with Crippen LogP contribution in [-0.4, -0.2) is 22.9 Å². The summed E-state index contributed by atoms with van der Waals surface area (Å²) in [4.78, 5) is 11.0. The summed E-state index contributed by atoms with van der Waals surface area (Å²) < 4.78 is 18.7. The number of ether oxygens (including phenoxy) is 1. The number of carbonyl (C=O) groups is 1. The summed E-state index contributed by atoms with van der Waals surface area (Å²) in [7, 11) is 0. The summed E-state index contributed by atoms with van der Waals surface area (Å²) in [6.07, 6.45) is 0. The molecule has 0 spiro atoms. The first-order valence-corrected chi connectivity index (χ1v) is 8.15. The lowest BCUT2D eigenvalue weighted by atomic mass is 10.2. The number of rotatable bonds is 5. The fourth-order valence-corrected chi connectivity index (χ4v) is 3.49. The Bertz CT molecular complexity index is 692. The van der Waals surface area contributed by atoms with Crippen LogP contribution in [0.2, 0.25) is 0 Å². The van der Waals surface area contributed by atoms with Crippen molar-refractivity contribution in [3.8, 4) is 5.75 Å². The first-order chi connectivity index (χ1) is 11.1. The Kier molecular flexibility index (Phi) is 4.83. The molecule has 23 heavy (non-hydrogen) atoms. The maximum Gasteiger partial charge on any atom is 0.318 e. The number of hydrogen-bond acceptors (Lipinski definition) is 4. The summed E-state index contributed by atoms with van der Waals surface area (Å²) in [6, 6.07) is 13.8. The number of benzene rings is 2. The maximum atomic E-state index is 13.1. The van der Waals surface area contributed by atoms with E-state index in [1.807, 2.05) is 30.3 Å². The molecule has 2 atom stereocenters. The molecule has 1 aliphatic heterocycles. The van der Waals surface area contributed by atoms with E-state index in [0.29, 0.717) is 18.9 Å².